The molecule has 0 saturated carbocycles. The quantitative estimate of drug-likeness (QED) is 0.795. The highest BCUT2D eigenvalue weighted by molar-refractivity contribution is 5.40. The zero-order valence-electron chi connectivity index (χ0n) is 10.6. The molecule has 0 saturated heterocycles. The van der Waals surface area contributed by atoms with Crippen molar-refractivity contribution in [2.24, 2.45) is 0 Å². The van der Waals surface area contributed by atoms with Gasteiger partial charge in [0.25, 0.3) is 0 Å². The van der Waals surface area contributed by atoms with E-state index in [2.05, 4.69) is 18.0 Å². The van der Waals surface area contributed by atoms with Gasteiger partial charge in [-0.05, 0) is 49.6 Å². The lowest BCUT2D eigenvalue weighted by Crippen LogP contribution is -2.24. The molecule has 17 heavy (non-hydrogen) atoms. The zero-order valence-corrected chi connectivity index (χ0v) is 10.6. The van der Waals surface area contributed by atoms with E-state index in [1.54, 1.807) is 13.2 Å². The molecule has 0 radical (unpaired) electrons. The molecule has 1 aromatic rings. The second-order valence-corrected chi connectivity index (χ2v) is 4.76. The molecule has 0 spiro atoms. The lowest BCUT2D eigenvalue weighted by Gasteiger charge is -2.25. The van der Waals surface area contributed by atoms with Crippen molar-refractivity contribution in [1.82, 2.24) is 4.90 Å². The van der Waals surface area contributed by atoms with E-state index in [0.29, 0.717) is 11.8 Å². The summed E-state index contributed by atoms with van der Waals surface area (Å²) in [6.45, 7) is 1.87. The Morgan fingerprint density at radius 3 is 3.06 bits per heavy atom. The molecule has 3 nitrogen and oxygen atoms in total. The summed E-state index contributed by atoms with van der Waals surface area (Å²) >= 11 is 0. The Kier molecular flexibility index (Phi) is 4.02. The highest BCUT2D eigenvalue weighted by Crippen LogP contribution is 2.36. The maximum atomic E-state index is 9.46. The van der Waals surface area contributed by atoms with Crippen molar-refractivity contribution >= 4 is 0 Å². The highest BCUT2D eigenvalue weighted by atomic mass is 16.5. The maximum Gasteiger partial charge on any atom is 0.115 e. The number of methoxy groups -OCH3 is 1. The molecule has 3 heteroatoms. The summed E-state index contributed by atoms with van der Waals surface area (Å²) in [5, 5.41) is 9.46. The van der Waals surface area contributed by atoms with Gasteiger partial charge in [-0.1, -0.05) is 6.07 Å². The number of hydrogen-bond acceptors (Lipinski definition) is 3. The monoisotopic (exact) mass is 235 g/mol. The van der Waals surface area contributed by atoms with Crippen molar-refractivity contribution in [1.29, 1.82) is 0 Å². The van der Waals surface area contributed by atoms with E-state index in [0.717, 1.165) is 32.4 Å². The molecule has 0 fully saturated rings. The number of phenols is 1. The average molecular weight is 235 g/mol. The summed E-state index contributed by atoms with van der Waals surface area (Å²) in [7, 11) is 3.91. The molecule has 2 rings (SSSR count). The molecule has 0 heterocycles. The molecule has 1 atom stereocenters. The molecule has 1 aliphatic carbocycles. The predicted molar refractivity (Wildman–Crippen MR) is 68.3 cm³/mol. The molecule has 1 unspecified atom stereocenters. The van der Waals surface area contributed by atoms with Gasteiger partial charge in [0, 0.05) is 26.3 Å². The van der Waals surface area contributed by atoms with Crippen molar-refractivity contribution < 1.29 is 9.84 Å². The van der Waals surface area contributed by atoms with E-state index in [1.807, 2.05) is 6.07 Å². The highest BCUT2D eigenvalue weighted by Gasteiger charge is 2.25. The molecular weight excluding hydrogens is 214 g/mol. The van der Waals surface area contributed by atoms with Gasteiger partial charge in [-0.25, -0.2) is 0 Å². The number of hydrogen-bond donors (Lipinski definition) is 1. The predicted octanol–water partition coefficient (Wildman–Crippen LogP) is 2.35. The second kappa shape index (κ2) is 5.52. The Hall–Kier alpha value is -1.06. The standard InChI is InChI=1S/C14H21NO2/c1-15(8-3-9-17-2)14-7-4-11-10-12(16)5-6-13(11)14/h5-6,10,14,16H,3-4,7-9H2,1-2H3. The normalized spacial score (nSPS) is 18.6. The summed E-state index contributed by atoms with van der Waals surface area (Å²) < 4.78 is 5.08. The number of phenolic OH excluding ortho intramolecular Hbond substituents is 1. The van der Waals surface area contributed by atoms with Crippen LogP contribution in [0.4, 0.5) is 0 Å². The summed E-state index contributed by atoms with van der Waals surface area (Å²) in [6, 6.07) is 6.26. The molecular formula is C14H21NO2. The van der Waals surface area contributed by atoms with Crippen LogP contribution in [0, 0.1) is 0 Å². The van der Waals surface area contributed by atoms with Crippen LogP contribution in [-0.2, 0) is 11.2 Å². The third-order valence-electron chi connectivity index (χ3n) is 3.56. The van der Waals surface area contributed by atoms with Gasteiger partial charge in [0.1, 0.15) is 5.75 Å². The lowest BCUT2D eigenvalue weighted by atomic mass is 10.1. The van der Waals surface area contributed by atoms with Crippen molar-refractivity contribution in [3.8, 4) is 5.75 Å². The molecule has 0 aromatic heterocycles. The number of fused-ring (bicyclic) bond motifs is 1. The smallest absolute Gasteiger partial charge is 0.115 e. The van der Waals surface area contributed by atoms with E-state index in [4.69, 9.17) is 4.74 Å². The Morgan fingerprint density at radius 1 is 1.47 bits per heavy atom. The molecule has 0 aliphatic heterocycles. The van der Waals surface area contributed by atoms with E-state index in [1.165, 1.54) is 11.1 Å². The van der Waals surface area contributed by atoms with Crippen LogP contribution in [0.25, 0.3) is 0 Å². The first-order valence-corrected chi connectivity index (χ1v) is 6.23. The lowest BCUT2D eigenvalue weighted by molar-refractivity contribution is 0.165. The SMILES string of the molecule is COCCCN(C)C1CCc2cc(O)ccc21. The largest absolute Gasteiger partial charge is 0.508 e. The fourth-order valence-electron chi connectivity index (χ4n) is 2.65. The van der Waals surface area contributed by atoms with Gasteiger partial charge in [0.15, 0.2) is 0 Å². The first kappa shape index (κ1) is 12.4. The fourth-order valence-corrected chi connectivity index (χ4v) is 2.65. The van der Waals surface area contributed by atoms with Gasteiger partial charge in [-0.2, -0.15) is 0 Å². The van der Waals surface area contributed by atoms with Crippen LogP contribution < -0.4 is 0 Å². The van der Waals surface area contributed by atoms with Gasteiger partial charge in [0.05, 0.1) is 0 Å². The topological polar surface area (TPSA) is 32.7 Å². The Balaban J connectivity index is 2.01. The first-order chi connectivity index (χ1) is 8.22. The molecule has 0 bridgehead atoms. The van der Waals surface area contributed by atoms with Crippen molar-refractivity contribution in [3.63, 3.8) is 0 Å². The molecule has 1 aliphatic rings. The van der Waals surface area contributed by atoms with Crippen LogP contribution in [0.3, 0.4) is 0 Å². The van der Waals surface area contributed by atoms with Gasteiger partial charge < -0.3 is 9.84 Å². The Morgan fingerprint density at radius 2 is 2.29 bits per heavy atom. The second-order valence-electron chi connectivity index (χ2n) is 4.76. The van der Waals surface area contributed by atoms with Gasteiger partial charge in [-0.3, -0.25) is 4.90 Å². The van der Waals surface area contributed by atoms with Crippen LogP contribution in [0.1, 0.15) is 30.0 Å². The Bertz CT molecular complexity index is 378. The average Bonchev–Trinajstić information content (AvgIpc) is 2.72. The van der Waals surface area contributed by atoms with E-state index in [-0.39, 0.29) is 0 Å². The minimum atomic E-state index is 0.381. The number of aryl methyl sites for hydroxylation is 1. The summed E-state index contributed by atoms with van der Waals surface area (Å²) in [6.07, 6.45) is 3.29. The van der Waals surface area contributed by atoms with Gasteiger partial charge >= 0.3 is 0 Å². The van der Waals surface area contributed by atoms with Gasteiger partial charge in [-0.15, -0.1) is 0 Å². The molecule has 1 N–H and O–H groups in total. The van der Waals surface area contributed by atoms with Crippen molar-refractivity contribution in [2.45, 2.75) is 25.3 Å². The third-order valence-corrected chi connectivity index (χ3v) is 3.56. The summed E-state index contributed by atoms with van der Waals surface area (Å²) in [5.74, 6) is 0.381. The van der Waals surface area contributed by atoms with E-state index in [9.17, 15) is 5.11 Å². The molecule has 94 valence electrons. The zero-order chi connectivity index (χ0) is 12.3. The number of nitrogens with zero attached hydrogens (tertiary/aromatic N) is 1. The fraction of sp³-hybridized carbons (Fsp3) is 0.571. The minimum absolute atomic E-state index is 0.381. The van der Waals surface area contributed by atoms with Gasteiger partial charge in [0.2, 0.25) is 0 Å². The van der Waals surface area contributed by atoms with Crippen LogP contribution in [0.5, 0.6) is 5.75 Å². The molecule has 1 aromatic carbocycles. The first-order valence-electron chi connectivity index (χ1n) is 6.23. The minimum Gasteiger partial charge on any atom is -0.508 e. The van der Waals surface area contributed by atoms with Crippen LogP contribution in [-0.4, -0.2) is 37.3 Å². The summed E-state index contributed by atoms with van der Waals surface area (Å²) in [5.41, 5.74) is 2.68. The Labute approximate surface area is 103 Å². The maximum absolute atomic E-state index is 9.46. The molecule has 0 amide bonds. The van der Waals surface area contributed by atoms with E-state index < -0.39 is 0 Å². The van der Waals surface area contributed by atoms with Crippen molar-refractivity contribution in [2.75, 3.05) is 27.3 Å². The number of aromatic hydroxyl groups is 1. The summed E-state index contributed by atoms with van der Waals surface area (Å²) in [4.78, 5) is 2.39. The van der Waals surface area contributed by atoms with Crippen molar-refractivity contribution in [3.05, 3.63) is 29.3 Å². The number of benzene rings is 1. The number of rotatable bonds is 5. The van der Waals surface area contributed by atoms with Crippen LogP contribution in [0.2, 0.25) is 0 Å². The van der Waals surface area contributed by atoms with E-state index >= 15 is 0 Å². The van der Waals surface area contributed by atoms with Crippen LogP contribution in [0.15, 0.2) is 18.2 Å². The van der Waals surface area contributed by atoms with Crippen LogP contribution >= 0.6 is 0 Å². The number of ether oxygens (including phenoxy) is 1. The third kappa shape index (κ3) is 2.79.